The smallest absolute Gasteiger partial charge is 0.191 e. The normalized spacial score (nSPS) is 18.2. The summed E-state index contributed by atoms with van der Waals surface area (Å²) in [4.78, 5) is 9.47. The van der Waals surface area contributed by atoms with Gasteiger partial charge in [0.25, 0.3) is 0 Å². The van der Waals surface area contributed by atoms with E-state index in [9.17, 15) is 0 Å². The standard InChI is InChI=1S/C16H29N5O/c1-3-17-16(19-14-15-6-4-13-22-15)18-7-10-21-9-5-8-20(2)11-12-21/h4,6,13H,3,5,7-12,14H2,1-2H3,(H2,17,18,19). The predicted octanol–water partition coefficient (Wildman–Crippen LogP) is 0.972. The van der Waals surface area contributed by atoms with Gasteiger partial charge < -0.3 is 24.9 Å². The van der Waals surface area contributed by atoms with Gasteiger partial charge in [-0.3, -0.25) is 0 Å². The van der Waals surface area contributed by atoms with E-state index in [2.05, 4.69) is 39.4 Å². The van der Waals surface area contributed by atoms with E-state index in [-0.39, 0.29) is 0 Å². The van der Waals surface area contributed by atoms with Crippen molar-refractivity contribution in [2.45, 2.75) is 19.9 Å². The number of hydrogen-bond acceptors (Lipinski definition) is 4. The zero-order valence-corrected chi connectivity index (χ0v) is 13.8. The van der Waals surface area contributed by atoms with Crippen LogP contribution in [0.15, 0.2) is 27.8 Å². The first-order valence-corrected chi connectivity index (χ1v) is 8.23. The van der Waals surface area contributed by atoms with Gasteiger partial charge in [-0.15, -0.1) is 0 Å². The van der Waals surface area contributed by atoms with Gasteiger partial charge in [0.1, 0.15) is 12.3 Å². The highest BCUT2D eigenvalue weighted by molar-refractivity contribution is 5.79. The van der Waals surface area contributed by atoms with Crippen molar-refractivity contribution in [2.24, 2.45) is 4.99 Å². The highest BCUT2D eigenvalue weighted by atomic mass is 16.3. The van der Waals surface area contributed by atoms with Gasteiger partial charge in [-0.1, -0.05) is 0 Å². The van der Waals surface area contributed by atoms with E-state index in [0.717, 1.165) is 44.4 Å². The molecule has 1 fully saturated rings. The fraction of sp³-hybridized carbons (Fsp3) is 0.688. The second kappa shape index (κ2) is 9.48. The molecule has 1 aromatic heterocycles. The van der Waals surface area contributed by atoms with Crippen LogP contribution in [0.25, 0.3) is 0 Å². The molecule has 1 aliphatic heterocycles. The summed E-state index contributed by atoms with van der Waals surface area (Å²) in [6, 6.07) is 3.84. The molecule has 2 heterocycles. The van der Waals surface area contributed by atoms with Crippen molar-refractivity contribution in [3.8, 4) is 0 Å². The third kappa shape index (κ3) is 6.07. The number of rotatable bonds is 6. The van der Waals surface area contributed by atoms with E-state index in [0.29, 0.717) is 6.54 Å². The lowest BCUT2D eigenvalue weighted by Gasteiger charge is -2.21. The van der Waals surface area contributed by atoms with Gasteiger partial charge in [-0.05, 0) is 45.6 Å². The van der Waals surface area contributed by atoms with E-state index in [1.165, 1.54) is 19.5 Å². The molecule has 22 heavy (non-hydrogen) atoms. The van der Waals surface area contributed by atoms with Crippen LogP contribution in [0.5, 0.6) is 0 Å². The molecule has 0 atom stereocenters. The fourth-order valence-electron chi connectivity index (χ4n) is 2.56. The first-order chi connectivity index (χ1) is 10.8. The Morgan fingerprint density at radius 3 is 2.95 bits per heavy atom. The molecular weight excluding hydrogens is 278 g/mol. The summed E-state index contributed by atoms with van der Waals surface area (Å²) >= 11 is 0. The molecule has 0 bridgehead atoms. The lowest BCUT2D eigenvalue weighted by atomic mass is 10.4. The lowest BCUT2D eigenvalue weighted by Crippen LogP contribution is -2.42. The highest BCUT2D eigenvalue weighted by Crippen LogP contribution is 2.01. The summed E-state index contributed by atoms with van der Waals surface area (Å²) in [6.07, 6.45) is 2.94. The summed E-state index contributed by atoms with van der Waals surface area (Å²) in [5.74, 6) is 1.73. The Hall–Kier alpha value is -1.53. The number of nitrogens with zero attached hydrogens (tertiary/aromatic N) is 3. The Balaban J connectivity index is 1.72. The Bertz CT molecular complexity index is 432. The molecule has 0 amide bonds. The van der Waals surface area contributed by atoms with Crippen LogP contribution in [-0.2, 0) is 6.54 Å². The molecule has 124 valence electrons. The highest BCUT2D eigenvalue weighted by Gasteiger charge is 2.11. The molecule has 1 saturated heterocycles. The van der Waals surface area contributed by atoms with Crippen molar-refractivity contribution < 1.29 is 4.42 Å². The maximum atomic E-state index is 5.31. The van der Waals surface area contributed by atoms with E-state index in [4.69, 9.17) is 4.42 Å². The van der Waals surface area contributed by atoms with Crippen LogP contribution in [-0.4, -0.2) is 68.6 Å². The van der Waals surface area contributed by atoms with E-state index >= 15 is 0 Å². The number of furan rings is 1. The van der Waals surface area contributed by atoms with Crippen LogP contribution < -0.4 is 10.6 Å². The van der Waals surface area contributed by atoms with E-state index in [1.807, 2.05) is 12.1 Å². The van der Waals surface area contributed by atoms with Crippen molar-refractivity contribution in [1.29, 1.82) is 0 Å². The average Bonchev–Trinajstić information content (AvgIpc) is 2.95. The Labute approximate surface area is 133 Å². The summed E-state index contributed by atoms with van der Waals surface area (Å²) < 4.78 is 5.31. The second-order valence-corrected chi connectivity index (χ2v) is 5.70. The van der Waals surface area contributed by atoms with Crippen molar-refractivity contribution >= 4 is 5.96 Å². The van der Waals surface area contributed by atoms with Gasteiger partial charge in [0, 0.05) is 32.7 Å². The number of aliphatic imine (C=N–C) groups is 1. The molecule has 1 aliphatic rings. The molecular formula is C16H29N5O. The van der Waals surface area contributed by atoms with Crippen molar-refractivity contribution in [2.75, 3.05) is 52.9 Å². The second-order valence-electron chi connectivity index (χ2n) is 5.70. The monoisotopic (exact) mass is 307 g/mol. The van der Waals surface area contributed by atoms with Crippen LogP contribution in [0, 0.1) is 0 Å². The number of guanidine groups is 1. The zero-order valence-electron chi connectivity index (χ0n) is 13.8. The summed E-state index contributed by atoms with van der Waals surface area (Å²) in [6.45, 7) is 10.2. The quantitative estimate of drug-likeness (QED) is 0.606. The summed E-state index contributed by atoms with van der Waals surface area (Å²) in [5.41, 5.74) is 0. The average molecular weight is 307 g/mol. The molecule has 6 heteroatoms. The summed E-state index contributed by atoms with van der Waals surface area (Å²) in [7, 11) is 2.20. The lowest BCUT2D eigenvalue weighted by molar-refractivity contribution is 0.280. The predicted molar refractivity (Wildman–Crippen MR) is 90.1 cm³/mol. The van der Waals surface area contributed by atoms with Crippen LogP contribution in [0.1, 0.15) is 19.1 Å². The minimum atomic E-state index is 0.566. The largest absolute Gasteiger partial charge is 0.467 e. The number of hydrogen-bond donors (Lipinski definition) is 2. The molecule has 0 unspecified atom stereocenters. The van der Waals surface area contributed by atoms with Crippen LogP contribution in [0.4, 0.5) is 0 Å². The van der Waals surface area contributed by atoms with Crippen molar-refractivity contribution in [3.63, 3.8) is 0 Å². The van der Waals surface area contributed by atoms with E-state index < -0.39 is 0 Å². The third-order valence-corrected chi connectivity index (χ3v) is 3.85. The van der Waals surface area contributed by atoms with Crippen LogP contribution in [0.3, 0.4) is 0 Å². The molecule has 0 radical (unpaired) electrons. The van der Waals surface area contributed by atoms with Gasteiger partial charge in [0.05, 0.1) is 6.26 Å². The Kier molecular flexibility index (Phi) is 7.25. The Morgan fingerprint density at radius 2 is 2.18 bits per heavy atom. The fourth-order valence-corrected chi connectivity index (χ4v) is 2.56. The first-order valence-electron chi connectivity index (χ1n) is 8.23. The van der Waals surface area contributed by atoms with Crippen LogP contribution in [0.2, 0.25) is 0 Å². The Morgan fingerprint density at radius 1 is 1.27 bits per heavy atom. The minimum absolute atomic E-state index is 0.566. The zero-order chi connectivity index (χ0) is 15.6. The molecule has 2 rings (SSSR count). The number of nitrogens with one attached hydrogen (secondary N) is 2. The first kappa shape index (κ1) is 16.8. The molecule has 1 aromatic rings. The minimum Gasteiger partial charge on any atom is -0.467 e. The van der Waals surface area contributed by atoms with Gasteiger partial charge in [0.2, 0.25) is 0 Å². The van der Waals surface area contributed by atoms with Gasteiger partial charge in [-0.2, -0.15) is 0 Å². The molecule has 0 aromatic carbocycles. The van der Waals surface area contributed by atoms with Crippen molar-refractivity contribution in [3.05, 3.63) is 24.2 Å². The SMILES string of the molecule is CCNC(=NCc1ccco1)NCCN1CCCN(C)CC1. The maximum Gasteiger partial charge on any atom is 0.191 e. The van der Waals surface area contributed by atoms with Crippen molar-refractivity contribution in [1.82, 2.24) is 20.4 Å². The number of likely N-dealkylation sites (N-methyl/N-ethyl adjacent to an activating group) is 1. The molecule has 0 spiro atoms. The topological polar surface area (TPSA) is 56.0 Å². The van der Waals surface area contributed by atoms with Crippen LogP contribution >= 0.6 is 0 Å². The van der Waals surface area contributed by atoms with Gasteiger partial charge in [-0.25, -0.2) is 4.99 Å². The van der Waals surface area contributed by atoms with Gasteiger partial charge >= 0.3 is 0 Å². The van der Waals surface area contributed by atoms with E-state index in [1.54, 1.807) is 6.26 Å². The summed E-state index contributed by atoms with van der Waals surface area (Å²) in [5, 5.41) is 6.68. The molecule has 2 N–H and O–H groups in total. The van der Waals surface area contributed by atoms with Gasteiger partial charge in [0.15, 0.2) is 5.96 Å². The molecule has 6 nitrogen and oxygen atoms in total. The maximum absolute atomic E-state index is 5.31. The molecule has 0 aliphatic carbocycles. The molecule has 0 saturated carbocycles. The third-order valence-electron chi connectivity index (χ3n) is 3.85.